The van der Waals surface area contributed by atoms with Crippen LogP contribution in [0, 0.1) is 0 Å². The number of rotatable bonds is 4. The van der Waals surface area contributed by atoms with Crippen LogP contribution in [-0.4, -0.2) is 19.0 Å². The summed E-state index contributed by atoms with van der Waals surface area (Å²) in [4.78, 5) is 14.2. The molecule has 0 aliphatic carbocycles. The van der Waals surface area contributed by atoms with E-state index in [0.29, 0.717) is 5.76 Å². The molecule has 0 atom stereocenters. The molecule has 1 N–H and O–H groups in total. The fourth-order valence-corrected chi connectivity index (χ4v) is 2.46. The predicted molar refractivity (Wildman–Crippen MR) is 84.3 cm³/mol. The van der Waals surface area contributed by atoms with Gasteiger partial charge in [-0.25, -0.2) is 0 Å². The summed E-state index contributed by atoms with van der Waals surface area (Å²) in [7, 11) is 0. The molecule has 2 aromatic rings. The zero-order valence-electron chi connectivity index (χ0n) is 11.8. The normalized spacial score (nSPS) is 14.8. The number of amides is 1. The van der Waals surface area contributed by atoms with Crippen LogP contribution in [0.3, 0.4) is 0 Å². The summed E-state index contributed by atoms with van der Waals surface area (Å²) in [6, 6.07) is 11.6. The highest BCUT2D eigenvalue weighted by Crippen LogP contribution is 2.22. The van der Waals surface area contributed by atoms with Crippen molar-refractivity contribution in [2.45, 2.75) is 12.8 Å². The van der Waals surface area contributed by atoms with Crippen molar-refractivity contribution in [2.75, 3.05) is 23.3 Å². The number of nitrogens with zero attached hydrogens (tertiary/aromatic N) is 1. The van der Waals surface area contributed by atoms with Gasteiger partial charge in [0, 0.05) is 30.5 Å². The van der Waals surface area contributed by atoms with E-state index in [1.807, 2.05) is 12.1 Å². The molecule has 4 heteroatoms. The Kier molecular flexibility index (Phi) is 4.05. The molecule has 2 heterocycles. The van der Waals surface area contributed by atoms with E-state index in [1.165, 1.54) is 24.6 Å². The Hall–Kier alpha value is -2.49. The van der Waals surface area contributed by atoms with E-state index < -0.39 is 0 Å². The maximum atomic E-state index is 11.8. The minimum atomic E-state index is -0.166. The van der Waals surface area contributed by atoms with Crippen molar-refractivity contribution in [1.29, 1.82) is 0 Å². The summed E-state index contributed by atoms with van der Waals surface area (Å²) >= 11 is 0. The standard InChI is InChI=1S/C17H18N2O2/c20-17(10-9-16-4-3-13-21-16)18-14-5-7-15(8-6-14)19-11-1-2-12-19/h3-10,13H,1-2,11-12H2,(H,18,20). The lowest BCUT2D eigenvalue weighted by molar-refractivity contribution is -0.111. The molecular formula is C17H18N2O2. The molecule has 1 aliphatic heterocycles. The predicted octanol–water partition coefficient (Wildman–Crippen LogP) is 3.53. The number of benzene rings is 1. The third-order valence-corrected chi connectivity index (χ3v) is 3.55. The molecular weight excluding hydrogens is 264 g/mol. The van der Waals surface area contributed by atoms with Gasteiger partial charge in [0.25, 0.3) is 0 Å². The molecule has 1 aromatic heterocycles. The molecule has 0 radical (unpaired) electrons. The van der Waals surface area contributed by atoms with Crippen molar-refractivity contribution in [3.8, 4) is 0 Å². The fourth-order valence-electron chi connectivity index (χ4n) is 2.46. The molecule has 1 aromatic carbocycles. The number of carbonyl (C=O) groups is 1. The van der Waals surface area contributed by atoms with Gasteiger partial charge in [0.1, 0.15) is 5.76 Å². The Morgan fingerprint density at radius 3 is 2.57 bits per heavy atom. The quantitative estimate of drug-likeness (QED) is 0.872. The second-order valence-electron chi connectivity index (χ2n) is 5.08. The summed E-state index contributed by atoms with van der Waals surface area (Å²) in [5.41, 5.74) is 2.02. The first-order chi connectivity index (χ1) is 10.3. The highest BCUT2D eigenvalue weighted by Gasteiger charge is 2.11. The third kappa shape index (κ3) is 3.54. The minimum Gasteiger partial charge on any atom is -0.465 e. The Balaban J connectivity index is 1.58. The second-order valence-corrected chi connectivity index (χ2v) is 5.08. The molecule has 108 valence electrons. The first kappa shape index (κ1) is 13.5. The van der Waals surface area contributed by atoms with E-state index in [-0.39, 0.29) is 5.91 Å². The Labute approximate surface area is 124 Å². The molecule has 0 bridgehead atoms. The van der Waals surface area contributed by atoms with E-state index in [2.05, 4.69) is 22.3 Å². The van der Waals surface area contributed by atoms with Crippen molar-refractivity contribution in [2.24, 2.45) is 0 Å². The maximum Gasteiger partial charge on any atom is 0.248 e. The Bertz CT molecular complexity index is 609. The van der Waals surface area contributed by atoms with Gasteiger partial charge >= 0.3 is 0 Å². The highest BCUT2D eigenvalue weighted by atomic mass is 16.3. The van der Waals surface area contributed by atoms with Crippen molar-refractivity contribution < 1.29 is 9.21 Å². The SMILES string of the molecule is O=C(C=Cc1ccco1)Nc1ccc(N2CCCC2)cc1. The first-order valence-corrected chi connectivity index (χ1v) is 7.19. The molecule has 4 nitrogen and oxygen atoms in total. The van der Waals surface area contributed by atoms with Gasteiger partial charge in [0.2, 0.25) is 5.91 Å². The zero-order valence-corrected chi connectivity index (χ0v) is 11.8. The highest BCUT2D eigenvalue weighted by molar-refractivity contribution is 6.01. The van der Waals surface area contributed by atoms with Crippen molar-refractivity contribution in [1.82, 2.24) is 0 Å². The molecule has 0 spiro atoms. The number of nitrogens with one attached hydrogen (secondary N) is 1. The van der Waals surface area contributed by atoms with Crippen LogP contribution in [0.5, 0.6) is 0 Å². The Morgan fingerprint density at radius 1 is 1.14 bits per heavy atom. The van der Waals surface area contributed by atoms with E-state index in [0.717, 1.165) is 18.8 Å². The van der Waals surface area contributed by atoms with Crippen LogP contribution in [-0.2, 0) is 4.79 Å². The van der Waals surface area contributed by atoms with Crippen LogP contribution >= 0.6 is 0 Å². The third-order valence-electron chi connectivity index (χ3n) is 3.55. The lowest BCUT2D eigenvalue weighted by atomic mass is 10.2. The smallest absolute Gasteiger partial charge is 0.248 e. The average molecular weight is 282 g/mol. The summed E-state index contributed by atoms with van der Waals surface area (Å²) in [6.07, 6.45) is 7.21. The van der Waals surface area contributed by atoms with Gasteiger partial charge in [-0.15, -0.1) is 0 Å². The fraction of sp³-hybridized carbons (Fsp3) is 0.235. The second kappa shape index (κ2) is 6.31. The van der Waals surface area contributed by atoms with Gasteiger partial charge in [0.15, 0.2) is 0 Å². The van der Waals surface area contributed by atoms with Crippen molar-refractivity contribution in [3.05, 3.63) is 54.5 Å². The molecule has 1 saturated heterocycles. The summed E-state index contributed by atoms with van der Waals surface area (Å²) in [6.45, 7) is 2.25. The monoisotopic (exact) mass is 282 g/mol. The van der Waals surface area contributed by atoms with Crippen molar-refractivity contribution >= 4 is 23.4 Å². The zero-order chi connectivity index (χ0) is 14.5. The molecule has 1 amide bonds. The van der Waals surface area contributed by atoms with Crippen LogP contribution in [0.2, 0.25) is 0 Å². The lowest BCUT2D eigenvalue weighted by Gasteiger charge is -2.17. The summed E-state index contributed by atoms with van der Waals surface area (Å²) in [5, 5.41) is 2.84. The van der Waals surface area contributed by atoms with E-state index in [1.54, 1.807) is 24.5 Å². The van der Waals surface area contributed by atoms with Gasteiger partial charge < -0.3 is 14.6 Å². The van der Waals surface area contributed by atoms with E-state index in [4.69, 9.17) is 4.42 Å². The molecule has 0 unspecified atom stereocenters. The largest absolute Gasteiger partial charge is 0.465 e. The molecule has 0 saturated carbocycles. The topological polar surface area (TPSA) is 45.5 Å². The number of hydrogen-bond donors (Lipinski definition) is 1. The van der Waals surface area contributed by atoms with Crippen LogP contribution in [0.15, 0.2) is 53.2 Å². The van der Waals surface area contributed by atoms with Gasteiger partial charge in [-0.3, -0.25) is 4.79 Å². The van der Waals surface area contributed by atoms with Gasteiger partial charge in [-0.2, -0.15) is 0 Å². The van der Waals surface area contributed by atoms with Crippen molar-refractivity contribution in [3.63, 3.8) is 0 Å². The van der Waals surface area contributed by atoms with Gasteiger partial charge in [-0.05, 0) is 55.3 Å². The molecule has 3 rings (SSSR count). The summed E-state index contributed by atoms with van der Waals surface area (Å²) < 4.78 is 5.13. The maximum absolute atomic E-state index is 11.8. The minimum absolute atomic E-state index is 0.166. The van der Waals surface area contributed by atoms with E-state index in [9.17, 15) is 4.79 Å². The van der Waals surface area contributed by atoms with E-state index >= 15 is 0 Å². The van der Waals surface area contributed by atoms with Crippen LogP contribution in [0.4, 0.5) is 11.4 Å². The van der Waals surface area contributed by atoms with Crippen LogP contribution in [0.25, 0.3) is 6.08 Å². The first-order valence-electron chi connectivity index (χ1n) is 7.19. The molecule has 1 fully saturated rings. The number of carbonyl (C=O) groups excluding carboxylic acids is 1. The Morgan fingerprint density at radius 2 is 1.90 bits per heavy atom. The summed E-state index contributed by atoms with van der Waals surface area (Å²) in [5.74, 6) is 0.495. The average Bonchev–Trinajstić information content (AvgIpc) is 3.19. The lowest BCUT2D eigenvalue weighted by Crippen LogP contribution is -2.17. The van der Waals surface area contributed by atoms with Gasteiger partial charge in [-0.1, -0.05) is 0 Å². The molecule has 1 aliphatic rings. The number of furan rings is 1. The number of hydrogen-bond acceptors (Lipinski definition) is 3. The van der Waals surface area contributed by atoms with Crippen LogP contribution in [0.1, 0.15) is 18.6 Å². The molecule has 21 heavy (non-hydrogen) atoms. The van der Waals surface area contributed by atoms with Crippen LogP contribution < -0.4 is 10.2 Å². The van der Waals surface area contributed by atoms with Gasteiger partial charge in [0.05, 0.1) is 6.26 Å². The number of anilines is 2.